The van der Waals surface area contributed by atoms with Crippen LogP contribution in [0.4, 0.5) is 4.79 Å². The summed E-state index contributed by atoms with van der Waals surface area (Å²) in [6.45, 7) is 7.57. The fourth-order valence-corrected chi connectivity index (χ4v) is 5.80. The van der Waals surface area contributed by atoms with E-state index in [9.17, 15) is 19.5 Å². The number of carbonyl (C=O) groups excluding carboxylic acids is 3. The van der Waals surface area contributed by atoms with Crippen molar-refractivity contribution in [2.24, 2.45) is 0 Å². The number of rotatable bonds is 12. The zero-order valence-corrected chi connectivity index (χ0v) is 25.7. The van der Waals surface area contributed by atoms with Crippen molar-refractivity contribution in [2.75, 3.05) is 26.2 Å². The number of carbonyl (C=O) groups is 3. The third-order valence-corrected chi connectivity index (χ3v) is 8.09. The Kier molecular flexibility index (Phi) is 10.4. The van der Waals surface area contributed by atoms with E-state index in [1.807, 2.05) is 54.6 Å². The molecule has 2 heterocycles. The van der Waals surface area contributed by atoms with Crippen LogP contribution in [0.1, 0.15) is 36.5 Å². The van der Waals surface area contributed by atoms with E-state index in [4.69, 9.17) is 4.74 Å². The molecule has 236 valence electrons. The second-order valence-corrected chi connectivity index (χ2v) is 11.4. The molecule has 2 atom stereocenters. The predicted octanol–water partition coefficient (Wildman–Crippen LogP) is 4.31. The molecule has 0 bridgehead atoms. The molecule has 0 radical (unpaired) electrons. The van der Waals surface area contributed by atoms with Gasteiger partial charge in [0, 0.05) is 26.1 Å². The minimum atomic E-state index is -0.840. The van der Waals surface area contributed by atoms with Gasteiger partial charge >= 0.3 is 6.03 Å². The Morgan fingerprint density at radius 1 is 1.00 bits per heavy atom. The lowest BCUT2D eigenvalue weighted by atomic mass is 9.98. The van der Waals surface area contributed by atoms with Gasteiger partial charge in [-0.05, 0) is 47.4 Å². The lowest BCUT2D eigenvalue weighted by Crippen LogP contribution is -2.76. The van der Waals surface area contributed by atoms with E-state index in [2.05, 4.69) is 18.8 Å². The minimum Gasteiger partial charge on any atom is -0.508 e. The summed E-state index contributed by atoms with van der Waals surface area (Å²) in [5, 5.41) is 16.1. The molecule has 2 N–H and O–H groups in total. The number of fused-ring (bicyclic) bond motifs is 1. The van der Waals surface area contributed by atoms with Crippen molar-refractivity contribution in [3.05, 3.63) is 108 Å². The number of hydrogen-bond donors (Lipinski definition) is 2. The standard InChI is InChI=1S/C35H41N5O5/c1-3-5-20-45-30-17-13-28(14-18-30)23-37-24-32-39(31(34(37)43)21-26-11-15-29(41)16-12-26)33(42)25-38(19-4-2)40(32)35(44)36-22-27-9-7-6-8-10-27/h4,6-18,31-32,41H,2-3,5,19-25H2,1H3,(H,36,44)/t31-,32-/m0/s1. The molecule has 5 rings (SSSR count). The van der Waals surface area contributed by atoms with Crippen LogP contribution in [0.25, 0.3) is 0 Å². The molecule has 2 aliphatic rings. The molecule has 0 aliphatic carbocycles. The van der Waals surface area contributed by atoms with Gasteiger partial charge in [0.05, 0.1) is 19.7 Å². The average Bonchev–Trinajstić information content (AvgIpc) is 3.04. The zero-order valence-electron chi connectivity index (χ0n) is 25.7. The number of nitrogens with one attached hydrogen (secondary N) is 1. The summed E-state index contributed by atoms with van der Waals surface area (Å²) in [5.74, 6) is 0.454. The molecule has 10 heteroatoms. The second-order valence-electron chi connectivity index (χ2n) is 11.4. The van der Waals surface area contributed by atoms with E-state index in [0.717, 1.165) is 35.3 Å². The number of nitrogens with zero attached hydrogens (tertiary/aromatic N) is 4. The molecular formula is C35H41N5O5. The Morgan fingerprint density at radius 2 is 1.71 bits per heavy atom. The van der Waals surface area contributed by atoms with Crippen molar-refractivity contribution in [2.45, 2.75) is 51.5 Å². The summed E-state index contributed by atoms with van der Waals surface area (Å²) < 4.78 is 5.81. The average molecular weight is 612 g/mol. The molecule has 2 aliphatic heterocycles. The monoisotopic (exact) mass is 611 g/mol. The largest absolute Gasteiger partial charge is 0.508 e. The summed E-state index contributed by atoms with van der Waals surface area (Å²) in [7, 11) is 0. The number of benzene rings is 3. The molecule has 3 aromatic carbocycles. The van der Waals surface area contributed by atoms with Crippen molar-refractivity contribution in [1.82, 2.24) is 25.1 Å². The van der Waals surface area contributed by atoms with E-state index < -0.39 is 12.2 Å². The number of urea groups is 1. The van der Waals surface area contributed by atoms with Crippen molar-refractivity contribution in [3.63, 3.8) is 0 Å². The third-order valence-electron chi connectivity index (χ3n) is 8.09. The quantitative estimate of drug-likeness (QED) is 0.234. The van der Waals surface area contributed by atoms with Gasteiger partial charge in [-0.1, -0.05) is 74.0 Å². The van der Waals surface area contributed by atoms with Crippen LogP contribution < -0.4 is 10.1 Å². The fourth-order valence-electron chi connectivity index (χ4n) is 5.80. The number of unbranched alkanes of at least 4 members (excludes halogenated alkanes) is 1. The Balaban J connectivity index is 1.44. The number of hydrazine groups is 1. The van der Waals surface area contributed by atoms with Gasteiger partial charge < -0.3 is 25.0 Å². The Labute approximate surface area is 264 Å². The highest BCUT2D eigenvalue weighted by atomic mass is 16.5. The Morgan fingerprint density at radius 3 is 2.40 bits per heavy atom. The van der Waals surface area contributed by atoms with E-state index >= 15 is 0 Å². The molecule has 0 spiro atoms. The van der Waals surface area contributed by atoms with Gasteiger partial charge in [0.25, 0.3) is 0 Å². The highest BCUT2D eigenvalue weighted by Gasteiger charge is 2.51. The summed E-state index contributed by atoms with van der Waals surface area (Å²) >= 11 is 0. The molecular weight excluding hydrogens is 570 g/mol. The number of phenolic OH excluding ortho intramolecular Hbond substituents is 1. The molecule has 0 saturated carbocycles. The van der Waals surface area contributed by atoms with Gasteiger partial charge in [0.15, 0.2) is 0 Å². The van der Waals surface area contributed by atoms with Gasteiger partial charge in [-0.15, -0.1) is 6.58 Å². The van der Waals surface area contributed by atoms with E-state index in [1.165, 1.54) is 0 Å². The first kappa shape index (κ1) is 31.6. The molecule has 0 aromatic heterocycles. The van der Waals surface area contributed by atoms with Crippen molar-refractivity contribution in [1.29, 1.82) is 0 Å². The normalized spacial score (nSPS) is 18.5. The van der Waals surface area contributed by atoms with Crippen LogP contribution in [0.15, 0.2) is 91.5 Å². The lowest BCUT2D eigenvalue weighted by molar-refractivity contribution is -0.189. The van der Waals surface area contributed by atoms with Gasteiger partial charge in [0.2, 0.25) is 11.8 Å². The molecule has 4 amide bonds. The number of ether oxygens (including phenoxy) is 1. The third kappa shape index (κ3) is 7.64. The van der Waals surface area contributed by atoms with Gasteiger partial charge in [-0.2, -0.15) is 0 Å². The summed E-state index contributed by atoms with van der Waals surface area (Å²) in [5.41, 5.74) is 2.65. The minimum absolute atomic E-state index is 0.0693. The maximum Gasteiger partial charge on any atom is 0.334 e. The summed E-state index contributed by atoms with van der Waals surface area (Å²) in [6.07, 6.45) is 3.18. The molecule has 10 nitrogen and oxygen atoms in total. The van der Waals surface area contributed by atoms with Crippen LogP contribution in [0, 0.1) is 0 Å². The van der Waals surface area contributed by atoms with Crippen LogP contribution in [0.3, 0.4) is 0 Å². The SMILES string of the molecule is C=CCN1CC(=O)N2[C@@H](Cc3ccc(O)cc3)C(=O)N(Cc3ccc(OCCCC)cc3)C[C@@H]2N1C(=O)NCc1ccccc1. The topological polar surface area (TPSA) is 106 Å². The fraction of sp³-hybridized carbons (Fsp3) is 0.343. The second kappa shape index (κ2) is 14.8. The number of aromatic hydroxyl groups is 1. The van der Waals surface area contributed by atoms with E-state index in [-0.39, 0.29) is 49.7 Å². The van der Waals surface area contributed by atoms with Crippen LogP contribution in [-0.2, 0) is 29.1 Å². The Hall–Kier alpha value is -4.83. The molecule has 3 aromatic rings. The molecule has 45 heavy (non-hydrogen) atoms. The van der Waals surface area contributed by atoms with E-state index in [0.29, 0.717) is 19.7 Å². The maximum absolute atomic E-state index is 14.1. The van der Waals surface area contributed by atoms with Gasteiger partial charge in [-0.3, -0.25) is 9.59 Å². The lowest BCUT2D eigenvalue weighted by Gasteiger charge is -2.55. The van der Waals surface area contributed by atoms with Crippen LogP contribution in [0.2, 0.25) is 0 Å². The summed E-state index contributed by atoms with van der Waals surface area (Å²) in [4.78, 5) is 45.0. The van der Waals surface area contributed by atoms with Crippen molar-refractivity contribution < 1.29 is 24.2 Å². The molecule has 2 saturated heterocycles. The first-order valence-corrected chi connectivity index (χ1v) is 15.4. The first-order chi connectivity index (χ1) is 21.9. The number of piperazine rings is 1. The predicted molar refractivity (Wildman–Crippen MR) is 171 cm³/mol. The van der Waals surface area contributed by atoms with E-state index in [1.54, 1.807) is 50.2 Å². The number of amides is 4. The first-order valence-electron chi connectivity index (χ1n) is 15.4. The van der Waals surface area contributed by atoms with Crippen LogP contribution in [0.5, 0.6) is 11.5 Å². The van der Waals surface area contributed by atoms with Crippen molar-refractivity contribution >= 4 is 17.8 Å². The highest BCUT2D eigenvalue weighted by molar-refractivity contribution is 5.91. The summed E-state index contributed by atoms with van der Waals surface area (Å²) in [6, 6.07) is 22.7. The number of hydrogen-bond acceptors (Lipinski definition) is 6. The van der Waals surface area contributed by atoms with Crippen LogP contribution in [-0.4, -0.2) is 81.2 Å². The van der Waals surface area contributed by atoms with Gasteiger partial charge in [0.1, 0.15) is 23.7 Å². The zero-order chi connectivity index (χ0) is 31.8. The van der Waals surface area contributed by atoms with Crippen molar-refractivity contribution in [3.8, 4) is 11.5 Å². The molecule has 0 unspecified atom stereocenters. The smallest absolute Gasteiger partial charge is 0.334 e. The maximum atomic E-state index is 14.1. The molecule has 2 fully saturated rings. The van der Waals surface area contributed by atoms with Crippen LogP contribution >= 0.6 is 0 Å². The Bertz CT molecular complexity index is 1460. The number of phenols is 1. The highest BCUT2D eigenvalue weighted by Crippen LogP contribution is 2.30. The van der Waals surface area contributed by atoms with Gasteiger partial charge in [-0.25, -0.2) is 14.8 Å².